The number of aryl methyl sites for hydroxylation is 1. The first kappa shape index (κ1) is 19.3. The lowest BCUT2D eigenvalue weighted by Crippen LogP contribution is -2.28. The van der Waals surface area contributed by atoms with Crippen molar-refractivity contribution in [3.05, 3.63) is 46.3 Å². The molecule has 0 aliphatic heterocycles. The van der Waals surface area contributed by atoms with E-state index in [1.807, 2.05) is 0 Å². The molecule has 0 unspecified atom stereocenters. The number of benzene rings is 1. The van der Waals surface area contributed by atoms with Crippen molar-refractivity contribution >= 4 is 43.4 Å². The van der Waals surface area contributed by atoms with Crippen LogP contribution in [-0.4, -0.2) is 25.9 Å². The molecule has 10 heteroatoms. The maximum absolute atomic E-state index is 13.0. The molecule has 0 spiro atoms. The Kier molecular flexibility index (Phi) is 6.09. The molecular formula is C15H16BrFN4O3S. The van der Waals surface area contributed by atoms with Crippen molar-refractivity contribution in [3.63, 3.8) is 0 Å². The molecule has 7 nitrogen and oxygen atoms in total. The van der Waals surface area contributed by atoms with Crippen molar-refractivity contribution in [1.29, 1.82) is 0 Å². The summed E-state index contributed by atoms with van der Waals surface area (Å²) in [7, 11) is -3.89. The number of carbonyl (C=O) groups excluding carboxylic acids is 1. The summed E-state index contributed by atoms with van der Waals surface area (Å²) in [5.74, 6) is -0.941. The minimum absolute atomic E-state index is 0.0998. The fourth-order valence-corrected chi connectivity index (χ4v) is 3.62. The van der Waals surface area contributed by atoms with Crippen LogP contribution in [0.3, 0.4) is 0 Å². The fourth-order valence-electron chi connectivity index (χ4n) is 2.00. The Balaban J connectivity index is 1.95. The van der Waals surface area contributed by atoms with Gasteiger partial charge in [0.05, 0.1) is 0 Å². The van der Waals surface area contributed by atoms with Crippen LogP contribution in [0.2, 0.25) is 0 Å². The van der Waals surface area contributed by atoms with Crippen LogP contribution in [0.25, 0.3) is 0 Å². The summed E-state index contributed by atoms with van der Waals surface area (Å²) in [5, 5.41) is 2.60. The maximum Gasteiger partial charge on any atom is 0.244 e. The Hall–Kier alpha value is -2.04. The minimum Gasteiger partial charge on any atom is -0.383 e. The third-order valence-corrected chi connectivity index (χ3v) is 5.17. The molecule has 2 aromatic rings. The van der Waals surface area contributed by atoms with Gasteiger partial charge in [-0.1, -0.05) is 0 Å². The van der Waals surface area contributed by atoms with E-state index in [0.717, 1.165) is 0 Å². The summed E-state index contributed by atoms with van der Waals surface area (Å²) in [6, 6.07) is 5.29. The van der Waals surface area contributed by atoms with Crippen molar-refractivity contribution in [3.8, 4) is 0 Å². The summed E-state index contributed by atoms with van der Waals surface area (Å²) < 4.78 is 40.2. The zero-order valence-electron chi connectivity index (χ0n) is 13.2. The van der Waals surface area contributed by atoms with Gasteiger partial charge in [0, 0.05) is 29.3 Å². The van der Waals surface area contributed by atoms with E-state index in [9.17, 15) is 17.6 Å². The Labute approximate surface area is 153 Å². The van der Waals surface area contributed by atoms with Crippen LogP contribution in [0, 0.1) is 12.7 Å². The second-order valence-corrected chi connectivity index (χ2v) is 7.84. The number of nitrogens with one attached hydrogen (secondary N) is 2. The molecule has 0 aliphatic rings. The number of nitrogens with zero attached hydrogens (tertiary/aromatic N) is 1. The molecule has 0 fully saturated rings. The first-order valence-electron chi connectivity index (χ1n) is 7.16. The largest absolute Gasteiger partial charge is 0.383 e. The number of sulfonamides is 1. The topological polar surface area (TPSA) is 114 Å². The van der Waals surface area contributed by atoms with E-state index in [2.05, 4.69) is 31.0 Å². The van der Waals surface area contributed by atoms with Gasteiger partial charge >= 0.3 is 0 Å². The molecule has 1 aromatic carbocycles. The lowest BCUT2D eigenvalue weighted by atomic mass is 10.2. The van der Waals surface area contributed by atoms with Gasteiger partial charge in [0.2, 0.25) is 15.9 Å². The van der Waals surface area contributed by atoms with Crippen LogP contribution >= 0.6 is 15.9 Å². The predicted molar refractivity (Wildman–Crippen MR) is 95.9 cm³/mol. The number of nitrogen functional groups attached to an aromatic ring is 1. The predicted octanol–water partition coefficient (Wildman–Crippen LogP) is 2.18. The van der Waals surface area contributed by atoms with E-state index in [4.69, 9.17) is 5.73 Å². The van der Waals surface area contributed by atoms with Crippen molar-refractivity contribution in [1.82, 2.24) is 9.71 Å². The Bertz CT molecular complexity index is 906. The zero-order valence-corrected chi connectivity index (χ0v) is 15.6. The highest BCUT2D eigenvalue weighted by molar-refractivity contribution is 9.10. The SMILES string of the molecule is Cc1cc(F)ccc1NC(=O)CCNS(=O)(=O)c1cc(Br)cnc1N. The highest BCUT2D eigenvalue weighted by Crippen LogP contribution is 2.20. The molecule has 0 radical (unpaired) electrons. The van der Waals surface area contributed by atoms with E-state index >= 15 is 0 Å². The minimum atomic E-state index is -3.89. The summed E-state index contributed by atoms with van der Waals surface area (Å²) in [6.45, 7) is 1.53. The first-order valence-corrected chi connectivity index (χ1v) is 9.43. The number of anilines is 2. The van der Waals surface area contributed by atoms with Crippen LogP contribution < -0.4 is 15.8 Å². The Morgan fingerprint density at radius 3 is 2.76 bits per heavy atom. The second-order valence-electron chi connectivity index (χ2n) is 5.19. The molecular weight excluding hydrogens is 415 g/mol. The Morgan fingerprint density at radius 1 is 1.36 bits per heavy atom. The average Bonchev–Trinajstić information content (AvgIpc) is 2.52. The van der Waals surface area contributed by atoms with E-state index in [1.165, 1.54) is 30.5 Å². The quantitative estimate of drug-likeness (QED) is 0.649. The third-order valence-electron chi connectivity index (χ3n) is 3.24. The number of hydrogen-bond donors (Lipinski definition) is 3. The highest BCUT2D eigenvalue weighted by atomic mass is 79.9. The number of rotatable bonds is 6. The number of nitrogens with two attached hydrogens (primary N) is 1. The molecule has 0 aliphatic carbocycles. The molecule has 134 valence electrons. The third kappa shape index (κ3) is 5.21. The number of amides is 1. The van der Waals surface area contributed by atoms with Gasteiger partial charge in [0.25, 0.3) is 0 Å². The normalized spacial score (nSPS) is 11.3. The van der Waals surface area contributed by atoms with Gasteiger partial charge in [0.15, 0.2) is 0 Å². The van der Waals surface area contributed by atoms with E-state index in [0.29, 0.717) is 15.7 Å². The summed E-state index contributed by atoms with van der Waals surface area (Å²) in [6.07, 6.45) is 1.28. The van der Waals surface area contributed by atoms with E-state index in [-0.39, 0.29) is 23.7 Å². The van der Waals surface area contributed by atoms with Crippen LogP contribution in [0.5, 0.6) is 0 Å². The standard InChI is InChI=1S/C15H16BrFN4O3S/c1-9-6-11(17)2-3-12(9)21-14(22)4-5-20-25(23,24)13-7-10(16)8-19-15(13)18/h2-3,6-8,20H,4-5H2,1H3,(H2,18,19)(H,21,22). The number of hydrogen-bond acceptors (Lipinski definition) is 5. The van der Waals surface area contributed by atoms with E-state index < -0.39 is 21.7 Å². The lowest BCUT2D eigenvalue weighted by molar-refractivity contribution is -0.116. The van der Waals surface area contributed by atoms with Gasteiger partial charge in [-0.25, -0.2) is 22.5 Å². The van der Waals surface area contributed by atoms with Crippen LogP contribution in [-0.2, 0) is 14.8 Å². The van der Waals surface area contributed by atoms with Crippen LogP contribution in [0.1, 0.15) is 12.0 Å². The van der Waals surface area contributed by atoms with Gasteiger partial charge in [0.1, 0.15) is 16.5 Å². The lowest BCUT2D eigenvalue weighted by Gasteiger charge is -2.10. The molecule has 2 rings (SSSR count). The summed E-state index contributed by atoms with van der Waals surface area (Å²) >= 11 is 3.13. The van der Waals surface area contributed by atoms with Crippen LogP contribution in [0.15, 0.2) is 39.8 Å². The smallest absolute Gasteiger partial charge is 0.244 e. The number of pyridine rings is 1. The average molecular weight is 431 g/mol. The monoisotopic (exact) mass is 430 g/mol. The van der Waals surface area contributed by atoms with Gasteiger partial charge in [-0.05, 0) is 52.7 Å². The molecule has 0 saturated heterocycles. The number of halogens is 2. The number of aromatic nitrogens is 1. The van der Waals surface area contributed by atoms with Crippen LogP contribution in [0.4, 0.5) is 15.9 Å². The Morgan fingerprint density at radius 2 is 2.08 bits per heavy atom. The molecule has 4 N–H and O–H groups in total. The first-order chi connectivity index (χ1) is 11.7. The van der Waals surface area contributed by atoms with Gasteiger partial charge in [-0.2, -0.15) is 0 Å². The van der Waals surface area contributed by atoms with Gasteiger partial charge in [-0.3, -0.25) is 4.79 Å². The molecule has 1 heterocycles. The van der Waals surface area contributed by atoms with Crippen molar-refractivity contribution in [2.75, 3.05) is 17.6 Å². The molecule has 0 bridgehead atoms. The van der Waals surface area contributed by atoms with Gasteiger partial charge in [-0.15, -0.1) is 0 Å². The van der Waals surface area contributed by atoms with Crippen molar-refractivity contribution in [2.45, 2.75) is 18.2 Å². The van der Waals surface area contributed by atoms with Crippen molar-refractivity contribution < 1.29 is 17.6 Å². The molecule has 25 heavy (non-hydrogen) atoms. The van der Waals surface area contributed by atoms with Crippen molar-refractivity contribution in [2.24, 2.45) is 0 Å². The molecule has 0 atom stereocenters. The second kappa shape index (κ2) is 7.89. The number of carbonyl (C=O) groups is 1. The van der Waals surface area contributed by atoms with Gasteiger partial charge < -0.3 is 11.1 Å². The fraction of sp³-hybridized carbons (Fsp3) is 0.200. The molecule has 1 amide bonds. The highest BCUT2D eigenvalue weighted by Gasteiger charge is 2.19. The maximum atomic E-state index is 13.0. The molecule has 1 aromatic heterocycles. The van der Waals surface area contributed by atoms with E-state index in [1.54, 1.807) is 6.92 Å². The summed E-state index contributed by atoms with van der Waals surface area (Å²) in [5.41, 5.74) is 6.62. The zero-order chi connectivity index (χ0) is 18.6. The summed E-state index contributed by atoms with van der Waals surface area (Å²) in [4.78, 5) is 15.5. The molecule has 0 saturated carbocycles.